The first-order chi connectivity index (χ1) is 14.6. The molecule has 0 aliphatic carbocycles. The zero-order valence-corrected chi connectivity index (χ0v) is 16.9. The number of hydrogen-bond acceptors (Lipinski definition) is 4. The molecule has 0 amide bonds. The Hall–Kier alpha value is -3.74. The van der Waals surface area contributed by atoms with Crippen molar-refractivity contribution in [1.82, 2.24) is 18.9 Å². The summed E-state index contributed by atoms with van der Waals surface area (Å²) in [5.74, 6) is 1.79. The summed E-state index contributed by atoms with van der Waals surface area (Å²) < 4.78 is 10.9. The van der Waals surface area contributed by atoms with Crippen molar-refractivity contribution in [3.05, 3.63) is 65.7 Å². The first kappa shape index (κ1) is 16.1. The molecular weight excluding hydrogens is 373 g/mol. The van der Waals surface area contributed by atoms with Gasteiger partial charge in [-0.2, -0.15) is 4.98 Å². The molecule has 4 heterocycles. The maximum atomic E-state index is 6.39. The van der Waals surface area contributed by atoms with E-state index in [-0.39, 0.29) is 6.98 Å². The molecule has 30 heavy (non-hydrogen) atoms. The summed E-state index contributed by atoms with van der Waals surface area (Å²) in [6.07, 6.45) is 0. The highest BCUT2D eigenvalue weighted by Gasteiger charge is 2.44. The predicted molar refractivity (Wildman–Crippen MR) is 120 cm³/mol. The number of aromatic nitrogens is 4. The number of nitrogens with zero attached hydrogens (tertiary/aromatic N) is 5. The van der Waals surface area contributed by atoms with E-state index in [0.717, 1.165) is 56.0 Å². The van der Waals surface area contributed by atoms with Crippen molar-refractivity contribution in [3.63, 3.8) is 0 Å². The van der Waals surface area contributed by atoms with Crippen LogP contribution >= 0.6 is 0 Å². The fourth-order valence-electron chi connectivity index (χ4n) is 5.00. The Morgan fingerprint density at radius 2 is 1.73 bits per heavy atom. The highest BCUT2D eigenvalue weighted by atomic mass is 16.5. The fourth-order valence-corrected chi connectivity index (χ4v) is 5.00. The molecule has 7 heteroatoms. The van der Waals surface area contributed by atoms with Gasteiger partial charge in [-0.3, -0.25) is 0 Å². The second-order valence-electron chi connectivity index (χ2n) is 8.21. The van der Waals surface area contributed by atoms with Crippen molar-refractivity contribution >= 4 is 46.1 Å². The van der Waals surface area contributed by atoms with Gasteiger partial charge < -0.3 is 18.6 Å². The van der Waals surface area contributed by atoms with E-state index in [9.17, 15) is 0 Å². The Morgan fingerprint density at radius 3 is 2.63 bits per heavy atom. The maximum Gasteiger partial charge on any atom is 0.432 e. The Morgan fingerprint density at radius 1 is 0.900 bits per heavy atom. The molecule has 0 atom stereocenters. The quantitative estimate of drug-likeness (QED) is 0.368. The van der Waals surface area contributed by atoms with Gasteiger partial charge in [-0.05, 0) is 55.3 Å². The largest absolute Gasteiger partial charge is 0.432 e. The van der Waals surface area contributed by atoms with Crippen LogP contribution in [0.3, 0.4) is 0 Å². The van der Waals surface area contributed by atoms with Crippen LogP contribution in [0.15, 0.2) is 54.6 Å². The average Bonchev–Trinajstić information content (AvgIpc) is 3.30. The smallest absolute Gasteiger partial charge is 0.427 e. The van der Waals surface area contributed by atoms with E-state index in [0.29, 0.717) is 6.01 Å². The van der Waals surface area contributed by atoms with Gasteiger partial charge in [-0.15, -0.1) is 0 Å². The van der Waals surface area contributed by atoms with E-state index in [1.165, 1.54) is 0 Å². The van der Waals surface area contributed by atoms with Crippen molar-refractivity contribution in [2.45, 2.75) is 13.8 Å². The molecule has 0 radical (unpaired) electrons. The normalized spacial score (nSPS) is 14.0. The van der Waals surface area contributed by atoms with E-state index in [4.69, 9.17) is 14.7 Å². The van der Waals surface area contributed by atoms with E-state index in [1.807, 2.05) is 6.07 Å². The van der Waals surface area contributed by atoms with Gasteiger partial charge in [0.2, 0.25) is 0 Å². The van der Waals surface area contributed by atoms with Crippen LogP contribution in [0.5, 0.6) is 11.8 Å². The lowest BCUT2D eigenvalue weighted by molar-refractivity contribution is 0.437. The van der Waals surface area contributed by atoms with Gasteiger partial charge in [0.1, 0.15) is 5.75 Å². The van der Waals surface area contributed by atoms with Gasteiger partial charge in [-0.1, -0.05) is 24.3 Å². The van der Waals surface area contributed by atoms with Crippen molar-refractivity contribution in [3.8, 4) is 11.8 Å². The first-order valence-corrected chi connectivity index (χ1v) is 10.1. The molecule has 6 nitrogen and oxygen atoms in total. The molecule has 2 aliphatic heterocycles. The molecule has 0 bridgehead atoms. The molecule has 0 saturated heterocycles. The molecule has 0 N–H and O–H groups in total. The topological polar surface area (TPSA) is 48.1 Å². The average molecular weight is 391 g/mol. The number of anilines is 2. The lowest BCUT2D eigenvalue weighted by Gasteiger charge is -2.37. The molecule has 7 rings (SSSR count). The van der Waals surface area contributed by atoms with E-state index >= 15 is 0 Å². The summed E-state index contributed by atoms with van der Waals surface area (Å²) in [6.45, 7) is 4.09. The monoisotopic (exact) mass is 391 g/mol. The van der Waals surface area contributed by atoms with Crippen LogP contribution in [-0.4, -0.2) is 33.0 Å². The van der Waals surface area contributed by atoms with Crippen LogP contribution in [0.1, 0.15) is 11.1 Å². The summed E-state index contributed by atoms with van der Waals surface area (Å²) in [5.41, 5.74) is 8.69. The van der Waals surface area contributed by atoms with E-state index in [2.05, 4.69) is 83.3 Å². The highest BCUT2D eigenvalue weighted by Crippen LogP contribution is 2.41. The first-order valence-electron chi connectivity index (χ1n) is 10.1. The number of imidazole rings is 2. The van der Waals surface area contributed by atoms with Gasteiger partial charge in [0.25, 0.3) is 6.01 Å². The third-order valence-electron chi connectivity index (χ3n) is 6.34. The zero-order chi connectivity index (χ0) is 20.1. The van der Waals surface area contributed by atoms with Crippen LogP contribution in [0, 0.1) is 13.8 Å². The van der Waals surface area contributed by atoms with E-state index in [1.54, 1.807) is 0 Å². The van der Waals surface area contributed by atoms with Crippen LogP contribution in [0.4, 0.5) is 11.6 Å². The van der Waals surface area contributed by atoms with Gasteiger partial charge in [-0.25, -0.2) is 4.98 Å². The van der Waals surface area contributed by atoms with Crippen molar-refractivity contribution < 1.29 is 4.74 Å². The number of aryl methyl sites for hydroxylation is 2. The Balaban J connectivity index is 1.67. The number of benzene rings is 3. The van der Waals surface area contributed by atoms with E-state index < -0.39 is 0 Å². The second-order valence-corrected chi connectivity index (χ2v) is 8.21. The molecule has 0 spiro atoms. The van der Waals surface area contributed by atoms with Crippen LogP contribution in [0.25, 0.3) is 22.1 Å². The Kier molecular flexibility index (Phi) is 2.81. The number of ether oxygens (including phenoxy) is 1. The summed E-state index contributed by atoms with van der Waals surface area (Å²) >= 11 is 0. The molecule has 2 aliphatic rings. The third-order valence-corrected chi connectivity index (χ3v) is 6.34. The molecular formula is C23H18BN5O. The zero-order valence-electron chi connectivity index (χ0n) is 16.9. The fraction of sp³-hybridized carbons (Fsp3) is 0.130. The van der Waals surface area contributed by atoms with Crippen LogP contribution < -0.4 is 15.1 Å². The minimum atomic E-state index is -0.107. The molecule has 2 aromatic heterocycles. The summed E-state index contributed by atoms with van der Waals surface area (Å²) in [4.78, 5) is 12.0. The van der Waals surface area contributed by atoms with Crippen LogP contribution in [0.2, 0.25) is 0 Å². The molecule has 144 valence electrons. The number of fused-ring (bicyclic) bond motifs is 8. The van der Waals surface area contributed by atoms with Crippen molar-refractivity contribution in [2.24, 2.45) is 0 Å². The van der Waals surface area contributed by atoms with Gasteiger partial charge >= 0.3 is 6.98 Å². The molecule has 3 aromatic carbocycles. The van der Waals surface area contributed by atoms with Crippen molar-refractivity contribution in [1.29, 1.82) is 0 Å². The second kappa shape index (κ2) is 5.24. The molecule has 0 fully saturated rings. The lowest BCUT2D eigenvalue weighted by Crippen LogP contribution is -2.53. The Labute approximate surface area is 173 Å². The van der Waals surface area contributed by atoms with Gasteiger partial charge in [0.15, 0.2) is 5.95 Å². The summed E-state index contributed by atoms with van der Waals surface area (Å²) in [5, 5.41) is 0. The number of hydrogen-bond donors (Lipinski definition) is 0. The molecule has 0 unspecified atom stereocenters. The van der Waals surface area contributed by atoms with Gasteiger partial charge in [0, 0.05) is 18.2 Å². The molecule has 0 saturated carbocycles. The minimum Gasteiger partial charge on any atom is -0.427 e. The third kappa shape index (κ3) is 1.81. The molecule has 5 aromatic rings. The van der Waals surface area contributed by atoms with Crippen LogP contribution in [-0.2, 0) is 0 Å². The summed E-state index contributed by atoms with van der Waals surface area (Å²) in [7, 11) is 2.08. The SMILES string of the molecule is Cc1cc2c3c(c1)N(C)c1nc4ccccc4n1B3n1c(nc3c(C)cccc31)O2. The number of rotatable bonds is 0. The maximum absolute atomic E-state index is 6.39. The minimum absolute atomic E-state index is 0.107. The Bertz CT molecular complexity index is 1530. The summed E-state index contributed by atoms with van der Waals surface area (Å²) in [6, 6.07) is 19.6. The highest BCUT2D eigenvalue weighted by molar-refractivity contribution is 6.76. The number of para-hydroxylation sites is 3. The predicted octanol–water partition coefficient (Wildman–Crippen LogP) is 3.98. The standard InChI is InChI=1S/C23H18BN5O/c1-13-11-18-20-19(12-13)30-23-26-21-14(2)7-6-10-17(21)29(23)24(20)28-16-9-5-4-8-15(16)25-22(28)27(18)3/h4-12H,1-3H3. The van der Waals surface area contributed by atoms with Crippen molar-refractivity contribution in [2.75, 3.05) is 11.9 Å². The van der Waals surface area contributed by atoms with Gasteiger partial charge in [0.05, 0.1) is 22.1 Å². The lowest BCUT2D eigenvalue weighted by atomic mass is 9.63.